The topological polar surface area (TPSA) is 48.7 Å². The van der Waals surface area contributed by atoms with Crippen LogP contribution in [0.4, 0.5) is 5.69 Å². The van der Waals surface area contributed by atoms with Gasteiger partial charge in [-0.1, -0.05) is 22.9 Å². The fourth-order valence-electron chi connectivity index (χ4n) is 1.75. The van der Waals surface area contributed by atoms with Gasteiger partial charge in [0, 0.05) is 27.1 Å². The lowest BCUT2D eigenvalue weighted by Crippen LogP contribution is -2.03. The van der Waals surface area contributed by atoms with Gasteiger partial charge in [-0.25, -0.2) is 0 Å². The third-order valence-electron chi connectivity index (χ3n) is 2.56. The maximum absolute atomic E-state index is 9.16. The molecule has 2 rings (SSSR count). The molecule has 0 aliphatic heterocycles. The fourth-order valence-corrected chi connectivity index (χ4v) is 3.08. The van der Waals surface area contributed by atoms with Crippen LogP contribution in [0.15, 0.2) is 27.3 Å². The highest BCUT2D eigenvalue weighted by molar-refractivity contribution is 9.11. The van der Waals surface area contributed by atoms with Crippen molar-refractivity contribution in [2.45, 2.75) is 13.3 Å². The van der Waals surface area contributed by atoms with Crippen LogP contribution in [0.25, 0.3) is 10.9 Å². The summed E-state index contributed by atoms with van der Waals surface area (Å²) < 4.78 is 1.87. The van der Waals surface area contributed by atoms with Crippen molar-refractivity contribution in [3.63, 3.8) is 0 Å². The van der Waals surface area contributed by atoms with E-state index in [-0.39, 0.29) is 0 Å². The highest BCUT2D eigenvalue weighted by atomic mass is 79.9. The number of hydrogen-bond acceptors (Lipinski definition) is 3. The van der Waals surface area contributed by atoms with Crippen LogP contribution in [0.1, 0.15) is 18.9 Å². The Hall–Kier alpha value is -1.12. The first-order chi connectivity index (χ1) is 8.67. The Labute approximate surface area is 122 Å². The van der Waals surface area contributed by atoms with E-state index in [4.69, 9.17) is 5.26 Å². The van der Waals surface area contributed by atoms with E-state index in [1.807, 2.05) is 12.1 Å². The molecular weight excluding hydrogens is 358 g/mol. The van der Waals surface area contributed by atoms with Crippen molar-refractivity contribution in [1.82, 2.24) is 4.98 Å². The number of anilines is 1. The molecule has 0 aliphatic carbocycles. The average Bonchev–Trinajstić information content (AvgIpc) is 2.35. The number of benzene rings is 1. The Balaban J connectivity index is 2.72. The lowest BCUT2D eigenvalue weighted by atomic mass is 10.1. The number of fused-ring (bicyclic) bond motifs is 1. The van der Waals surface area contributed by atoms with Crippen LogP contribution in [0.5, 0.6) is 0 Å². The molecule has 0 unspecified atom stereocenters. The number of hydrogen-bond donors (Lipinski definition) is 1. The van der Waals surface area contributed by atoms with Crippen molar-refractivity contribution in [2.24, 2.45) is 0 Å². The van der Waals surface area contributed by atoms with Crippen LogP contribution in [0, 0.1) is 11.3 Å². The molecule has 92 valence electrons. The van der Waals surface area contributed by atoms with Crippen molar-refractivity contribution in [3.05, 3.63) is 32.8 Å². The Morgan fingerprint density at radius 2 is 2.17 bits per heavy atom. The summed E-state index contributed by atoms with van der Waals surface area (Å²) in [6.45, 7) is 2.92. The number of halogens is 2. The number of rotatable bonds is 3. The number of nitrogens with zero attached hydrogens (tertiary/aromatic N) is 2. The van der Waals surface area contributed by atoms with Gasteiger partial charge in [-0.2, -0.15) is 5.26 Å². The predicted molar refractivity (Wildman–Crippen MR) is 80.6 cm³/mol. The van der Waals surface area contributed by atoms with Crippen molar-refractivity contribution in [2.75, 3.05) is 11.9 Å². The minimum atomic E-state index is 0.570. The predicted octanol–water partition coefficient (Wildman–Crippen LogP) is 4.45. The largest absolute Gasteiger partial charge is 0.383 e. The molecule has 2 aromatic rings. The van der Waals surface area contributed by atoms with Gasteiger partial charge in [0.1, 0.15) is 6.07 Å². The van der Waals surface area contributed by atoms with Gasteiger partial charge in [0.2, 0.25) is 0 Å². The van der Waals surface area contributed by atoms with Gasteiger partial charge >= 0.3 is 0 Å². The smallest absolute Gasteiger partial charge is 0.103 e. The van der Waals surface area contributed by atoms with E-state index in [0.717, 1.165) is 38.5 Å². The van der Waals surface area contributed by atoms with Gasteiger partial charge in [-0.05, 0) is 34.5 Å². The molecule has 1 aromatic carbocycles. The average molecular weight is 369 g/mol. The summed E-state index contributed by atoms with van der Waals surface area (Å²) in [5, 5.41) is 13.4. The molecule has 3 nitrogen and oxygen atoms in total. The van der Waals surface area contributed by atoms with Crippen LogP contribution >= 0.6 is 31.9 Å². The molecule has 0 saturated carbocycles. The van der Waals surface area contributed by atoms with E-state index in [0.29, 0.717) is 5.56 Å². The Bertz CT molecular complexity index is 632. The van der Waals surface area contributed by atoms with Gasteiger partial charge in [-0.15, -0.1) is 0 Å². The van der Waals surface area contributed by atoms with Crippen LogP contribution in [-0.4, -0.2) is 11.5 Å². The Morgan fingerprint density at radius 3 is 2.83 bits per heavy atom. The second-order valence-electron chi connectivity index (χ2n) is 3.87. The van der Waals surface area contributed by atoms with Gasteiger partial charge < -0.3 is 5.32 Å². The van der Waals surface area contributed by atoms with Crippen molar-refractivity contribution in [3.8, 4) is 6.07 Å². The number of nitrogens with one attached hydrogen (secondary N) is 1. The molecule has 1 N–H and O–H groups in total. The summed E-state index contributed by atoms with van der Waals surface area (Å²) in [6, 6.07) is 6.11. The van der Waals surface area contributed by atoms with Crippen molar-refractivity contribution in [1.29, 1.82) is 5.26 Å². The maximum atomic E-state index is 9.16. The zero-order chi connectivity index (χ0) is 13.1. The normalized spacial score (nSPS) is 10.3. The van der Waals surface area contributed by atoms with E-state index in [1.165, 1.54) is 0 Å². The van der Waals surface area contributed by atoms with E-state index in [1.54, 1.807) is 6.20 Å². The maximum Gasteiger partial charge on any atom is 0.103 e. The summed E-state index contributed by atoms with van der Waals surface area (Å²) in [5.74, 6) is 0. The summed E-state index contributed by atoms with van der Waals surface area (Å²) >= 11 is 6.96. The minimum absolute atomic E-state index is 0.570. The highest BCUT2D eigenvalue weighted by Crippen LogP contribution is 2.33. The second-order valence-corrected chi connectivity index (χ2v) is 5.64. The zero-order valence-corrected chi connectivity index (χ0v) is 13.0. The third-order valence-corrected chi connectivity index (χ3v) is 3.62. The molecule has 0 radical (unpaired) electrons. The van der Waals surface area contributed by atoms with E-state index < -0.39 is 0 Å². The lowest BCUT2D eigenvalue weighted by molar-refractivity contribution is 0.980. The van der Waals surface area contributed by atoms with Crippen molar-refractivity contribution < 1.29 is 0 Å². The molecule has 1 heterocycles. The summed E-state index contributed by atoms with van der Waals surface area (Å²) in [6.07, 6.45) is 2.61. The summed E-state index contributed by atoms with van der Waals surface area (Å²) in [5.41, 5.74) is 2.28. The summed E-state index contributed by atoms with van der Waals surface area (Å²) in [4.78, 5) is 4.33. The Morgan fingerprint density at radius 1 is 1.39 bits per heavy atom. The number of nitriles is 1. The number of pyridine rings is 1. The van der Waals surface area contributed by atoms with Crippen LogP contribution in [0.3, 0.4) is 0 Å². The van der Waals surface area contributed by atoms with E-state index >= 15 is 0 Å². The molecule has 1 aromatic heterocycles. The molecular formula is C13H11Br2N3. The monoisotopic (exact) mass is 367 g/mol. The first kappa shape index (κ1) is 13.3. The first-order valence-corrected chi connectivity index (χ1v) is 7.17. The first-order valence-electron chi connectivity index (χ1n) is 5.59. The molecule has 0 saturated heterocycles. The van der Waals surface area contributed by atoms with E-state index in [9.17, 15) is 0 Å². The van der Waals surface area contributed by atoms with Crippen LogP contribution in [0.2, 0.25) is 0 Å². The van der Waals surface area contributed by atoms with Gasteiger partial charge in [-0.3, -0.25) is 4.98 Å². The highest BCUT2D eigenvalue weighted by Gasteiger charge is 2.11. The zero-order valence-electron chi connectivity index (χ0n) is 9.80. The van der Waals surface area contributed by atoms with Crippen LogP contribution in [-0.2, 0) is 0 Å². The summed E-state index contributed by atoms with van der Waals surface area (Å²) in [7, 11) is 0. The van der Waals surface area contributed by atoms with Gasteiger partial charge in [0.25, 0.3) is 0 Å². The van der Waals surface area contributed by atoms with Gasteiger partial charge in [0.05, 0.1) is 16.8 Å². The quantitative estimate of drug-likeness (QED) is 0.870. The molecule has 0 amide bonds. The molecule has 0 bridgehead atoms. The Kier molecular flexibility index (Phi) is 4.20. The van der Waals surface area contributed by atoms with Gasteiger partial charge in [0.15, 0.2) is 0 Å². The molecule has 5 heteroatoms. The lowest BCUT2D eigenvalue weighted by Gasteiger charge is -2.11. The van der Waals surface area contributed by atoms with Crippen LogP contribution < -0.4 is 5.32 Å². The van der Waals surface area contributed by atoms with E-state index in [2.05, 4.69) is 55.2 Å². The van der Waals surface area contributed by atoms with Crippen molar-refractivity contribution >= 4 is 48.5 Å². The molecule has 18 heavy (non-hydrogen) atoms. The molecule has 0 aliphatic rings. The molecule has 0 fully saturated rings. The number of aromatic nitrogens is 1. The SMILES string of the molecule is CCCNc1c(C#N)cnc2c(Br)cc(Br)cc12. The third kappa shape index (κ3) is 2.50. The second kappa shape index (κ2) is 5.68. The standard InChI is InChI=1S/C13H11Br2N3/c1-2-3-17-12-8(6-16)7-18-13-10(12)4-9(14)5-11(13)15/h4-5,7H,2-3H2,1H3,(H,17,18). The minimum Gasteiger partial charge on any atom is -0.383 e. The molecule has 0 atom stereocenters. The fraction of sp³-hybridized carbons (Fsp3) is 0.231. The molecule has 0 spiro atoms.